The van der Waals surface area contributed by atoms with Crippen LogP contribution in [0.3, 0.4) is 0 Å². The lowest BCUT2D eigenvalue weighted by Crippen LogP contribution is -1.52. The minimum Gasteiger partial charge on any atom is -0.326 e. The van der Waals surface area contributed by atoms with Crippen molar-refractivity contribution in [1.29, 1.82) is 0 Å². The third kappa shape index (κ3) is 4.15. The normalized spacial score (nSPS) is 14.8. The molecule has 1 radical (unpaired) electrons. The highest BCUT2D eigenvalue weighted by molar-refractivity contribution is 7.32. The molecule has 0 rings (SSSR count). The van der Waals surface area contributed by atoms with Crippen molar-refractivity contribution in [2.24, 2.45) is 0 Å². The van der Waals surface area contributed by atoms with E-state index in [1.54, 1.807) is 0 Å². The molecule has 1 atom stereocenters. The van der Waals surface area contributed by atoms with Crippen molar-refractivity contribution in [3.8, 4) is 0 Å². The SMILES string of the molecule is [CH2]O[PH](=O)O. The van der Waals surface area contributed by atoms with Crippen molar-refractivity contribution in [2.75, 3.05) is 0 Å². The molecule has 0 aromatic rings. The summed E-state index contributed by atoms with van der Waals surface area (Å²) in [7, 11) is -0.0671. The third-order valence-electron chi connectivity index (χ3n) is 0.123. The molecule has 0 amide bonds. The largest absolute Gasteiger partial charge is 0.326 e. The number of rotatable bonds is 1. The van der Waals surface area contributed by atoms with Gasteiger partial charge >= 0.3 is 8.25 Å². The highest BCUT2D eigenvalue weighted by atomic mass is 31.1. The van der Waals surface area contributed by atoms with E-state index in [0.29, 0.717) is 0 Å². The van der Waals surface area contributed by atoms with E-state index in [1.165, 1.54) is 0 Å². The van der Waals surface area contributed by atoms with Crippen molar-refractivity contribution >= 4 is 8.25 Å². The van der Waals surface area contributed by atoms with Crippen LogP contribution in [0.25, 0.3) is 0 Å². The zero-order valence-electron chi connectivity index (χ0n) is 2.47. The second-order valence-electron chi connectivity index (χ2n) is 0.410. The Morgan fingerprint density at radius 2 is 2.20 bits per heavy atom. The summed E-state index contributed by atoms with van der Waals surface area (Å²) in [6, 6.07) is 0. The quantitative estimate of drug-likeness (QED) is 0.472. The van der Waals surface area contributed by atoms with Crippen LogP contribution in [0.1, 0.15) is 0 Å². The fourth-order valence-electron chi connectivity index (χ4n) is 0. The maximum absolute atomic E-state index is 9.27. The van der Waals surface area contributed by atoms with E-state index in [1.807, 2.05) is 0 Å². The van der Waals surface area contributed by atoms with Gasteiger partial charge in [0.2, 0.25) is 0 Å². The van der Waals surface area contributed by atoms with Crippen molar-refractivity contribution < 1.29 is 14.0 Å². The van der Waals surface area contributed by atoms with E-state index >= 15 is 0 Å². The fourth-order valence-corrected chi connectivity index (χ4v) is 0. The smallest absolute Gasteiger partial charge is 0.316 e. The fraction of sp³-hybridized carbons (Fsp3) is 0. The number of hydrogen-bond acceptors (Lipinski definition) is 2. The highest BCUT2D eigenvalue weighted by Crippen LogP contribution is 2.10. The van der Waals surface area contributed by atoms with Gasteiger partial charge in [-0.25, -0.2) is 0 Å². The average molecular weight is 95.0 g/mol. The topological polar surface area (TPSA) is 46.5 Å². The summed E-state index contributed by atoms with van der Waals surface area (Å²) in [5.74, 6) is 0. The lowest BCUT2D eigenvalue weighted by molar-refractivity contribution is 0.374. The molecule has 0 bridgehead atoms. The lowest BCUT2D eigenvalue weighted by atomic mass is 11.8. The van der Waals surface area contributed by atoms with Crippen LogP contribution in [0.2, 0.25) is 0 Å². The van der Waals surface area contributed by atoms with Crippen molar-refractivity contribution in [3.05, 3.63) is 7.11 Å². The van der Waals surface area contributed by atoms with Gasteiger partial charge in [-0.2, -0.15) is 0 Å². The van der Waals surface area contributed by atoms with Gasteiger partial charge in [0.1, 0.15) is 0 Å². The summed E-state index contributed by atoms with van der Waals surface area (Å²) in [4.78, 5) is 7.62. The molecule has 0 aliphatic rings. The van der Waals surface area contributed by atoms with E-state index in [4.69, 9.17) is 4.89 Å². The Labute approximate surface area is 30.5 Å². The summed E-state index contributed by atoms with van der Waals surface area (Å²) in [6.07, 6.45) is 0. The molecule has 1 N–H and O–H groups in total. The average Bonchev–Trinajstić information content (AvgIpc) is 1.38. The van der Waals surface area contributed by atoms with E-state index < -0.39 is 8.25 Å². The maximum atomic E-state index is 9.27. The molecule has 0 fully saturated rings. The molecule has 0 aliphatic carbocycles. The maximum Gasteiger partial charge on any atom is 0.316 e. The molecular formula is CH4O3P. The predicted octanol–water partition coefficient (Wildman–Crippen LogP) is 0.177. The van der Waals surface area contributed by atoms with Crippen LogP contribution in [0, 0.1) is 7.11 Å². The van der Waals surface area contributed by atoms with Crippen molar-refractivity contribution in [2.45, 2.75) is 0 Å². The Hall–Kier alpha value is 0.150. The van der Waals surface area contributed by atoms with Gasteiger partial charge in [0.05, 0.1) is 7.11 Å². The van der Waals surface area contributed by atoms with Gasteiger partial charge < -0.3 is 9.42 Å². The minimum atomic E-state index is -2.74. The molecule has 31 valence electrons. The second kappa shape index (κ2) is 2.39. The summed E-state index contributed by atoms with van der Waals surface area (Å²) in [5.41, 5.74) is 0. The molecule has 0 aromatic heterocycles. The Morgan fingerprint density at radius 1 is 2.00 bits per heavy atom. The van der Waals surface area contributed by atoms with E-state index in [2.05, 4.69) is 11.6 Å². The van der Waals surface area contributed by atoms with Crippen molar-refractivity contribution in [3.63, 3.8) is 0 Å². The van der Waals surface area contributed by atoms with Crippen LogP contribution < -0.4 is 0 Å². The molecule has 3 nitrogen and oxygen atoms in total. The Balaban J connectivity index is 2.85. The first-order chi connectivity index (χ1) is 2.27. The molecule has 0 saturated carbocycles. The Morgan fingerprint density at radius 3 is 2.20 bits per heavy atom. The molecule has 0 heterocycles. The monoisotopic (exact) mass is 95.0 g/mol. The molecule has 4 heteroatoms. The summed E-state index contributed by atoms with van der Waals surface area (Å²) in [6.45, 7) is 0. The molecule has 0 aliphatic heterocycles. The number of hydrogen-bond donors (Lipinski definition) is 1. The lowest BCUT2D eigenvalue weighted by Gasteiger charge is -1.78. The first-order valence-electron chi connectivity index (χ1n) is 0.921. The van der Waals surface area contributed by atoms with Gasteiger partial charge in [-0.1, -0.05) is 0 Å². The first-order valence-corrected chi connectivity index (χ1v) is 2.18. The van der Waals surface area contributed by atoms with Gasteiger partial charge in [0, 0.05) is 0 Å². The van der Waals surface area contributed by atoms with Gasteiger partial charge in [-0.15, -0.1) is 0 Å². The zero-order chi connectivity index (χ0) is 4.28. The van der Waals surface area contributed by atoms with E-state index in [0.717, 1.165) is 0 Å². The Kier molecular flexibility index (Phi) is 2.46. The minimum absolute atomic E-state index is 2.67. The standard InChI is InChI=1S/CH4O3P/c1-4-5(2)3/h5H,1H2,(H,2,3). The summed E-state index contributed by atoms with van der Waals surface area (Å²) in [5, 5.41) is 0. The van der Waals surface area contributed by atoms with Crippen LogP contribution in [0.4, 0.5) is 0 Å². The zero-order valence-corrected chi connectivity index (χ0v) is 3.47. The van der Waals surface area contributed by atoms with Crippen LogP contribution >= 0.6 is 8.25 Å². The van der Waals surface area contributed by atoms with Gasteiger partial charge in [-0.3, -0.25) is 4.57 Å². The van der Waals surface area contributed by atoms with E-state index in [-0.39, 0.29) is 0 Å². The van der Waals surface area contributed by atoms with Gasteiger partial charge in [-0.05, 0) is 0 Å². The van der Waals surface area contributed by atoms with Gasteiger partial charge in [0.15, 0.2) is 0 Å². The molecule has 5 heavy (non-hydrogen) atoms. The van der Waals surface area contributed by atoms with Crippen molar-refractivity contribution in [1.82, 2.24) is 0 Å². The Bertz CT molecular complexity index is 42.2. The van der Waals surface area contributed by atoms with E-state index in [9.17, 15) is 4.57 Å². The summed E-state index contributed by atoms with van der Waals surface area (Å²) < 4.78 is 12.9. The third-order valence-corrected chi connectivity index (χ3v) is 0.370. The highest BCUT2D eigenvalue weighted by Gasteiger charge is 1.74. The molecular weight excluding hydrogens is 91.0 g/mol. The predicted molar refractivity (Wildman–Crippen MR) is 17.7 cm³/mol. The molecule has 0 saturated heterocycles. The second-order valence-corrected chi connectivity index (χ2v) is 1.23. The molecule has 1 unspecified atom stereocenters. The van der Waals surface area contributed by atoms with Crippen LogP contribution in [0.15, 0.2) is 0 Å². The summed E-state index contributed by atoms with van der Waals surface area (Å²) >= 11 is 0. The molecule has 0 aromatic carbocycles. The van der Waals surface area contributed by atoms with Crippen LogP contribution in [-0.2, 0) is 9.09 Å². The first kappa shape index (κ1) is 5.15. The van der Waals surface area contributed by atoms with Gasteiger partial charge in [0.25, 0.3) is 0 Å². The van der Waals surface area contributed by atoms with Crippen LogP contribution in [0.5, 0.6) is 0 Å². The van der Waals surface area contributed by atoms with Crippen LogP contribution in [-0.4, -0.2) is 4.89 Å². The molecule has 0 spiro atoms.